The van der Waals surface area contributed by atoms with Crippen molar-refractivity contribution in [1.82, 2.24) is 9.97 Å². The van der Waals surface area contributed by atoms with Crippen molar-refractivity contribution in [1.29, 1.82) is 5.41 Å². The SMILES string of the molecule is CC[C@@H](C(=N)C(=O)OC(C)(C)C)c1nc(-c2ccc(Br)cc2)c(Cl)[nH]1. The highest BCUT2D eigenvalue weighted by atomic mass is 79.9. The zero-order chi connectivity index (χ0) is 18.8. The molecule has 0 spiro atoms. The Labute approximate surface area is 160 Å². The first-order valence-electron chi connectivity index (χ1n) is 7.95. The maximum atomic E-state index is 12.2. The normalized spacial score (nSPS) is 12.7. The minimum absolute atomic E-state index is 0.134. The van der Waals surface area contributed by atoms with Gasteiger partial charge >= 0.3 is 5.97 Å². The lowest BCUT2D eigenvalue weighted by atomic mass is 9.99. The molecule has 0 fully saturated rings. The minimum atomic E-state index is -0.648. The molecule has 7 heteroatoms. The largest absolute Gasteiger partial charge is 0.455 e. The topological polar surface area (TPSA) is 78.8 Å². The summed E-state index contributed by atoms with van der Waals surface area (Å²) in [6, 6.07) is 7.60. The molecule has 2 aromatic rings. The summed E-state index contributed by atoms with van der Waals surface area (Å²) in [4.78, 5) is 19.7. The monoisotopic (exact) mass is 425 g/mol. The first kappa shape index (κ1) is 19.7. The number of aromatic amines is 1. The number of imidazole rings is 1. The van der Waals surface area contributed by atoms with Crippen molar-refractivity contribution in [2.45, 2.75) is 45.6 Å². The van der Waals surface area contributed by atoms with Gasteiger partial charge in [0.25, 0.3) is 0 Å². The molecule has 5 nitrogen and oxygen atoms in total. The quantitative estimate of drug-likeness (QED) is 0.500. The van der Waals surface area contributed by atoms with E-state index in [0.717, 1.165) is 10.0 Å². The van der Waals surface area contributed by atoms with Crippen molar-refractivity contribution in [2.24, 2.45) is 0 Å². The molecule has 134 valence electrons. The number of esters is 1. The lowest BCUT2D eigenvalue weighted by molar-refractivity contribution is -0.146. The molecular weight excluding hydrogens is 406 g/mol. The third-order valence-electron chi connectivity index (χ3n) is 3.50. The molecule has 0 aliphatic carbocycles. The molecule has 0 bridgehead atoms. The number of ether oxygens (including phenoxy) is 1. The molecule has 2 rings (SSSR count). The summed E-state index contributed by atoms with van der Waals surface area (Å²) in [6.45, 7) is 7.21. The van der Waals surface area contributed by atoms with Gasteiger partial charge in [-0.3, -0.25) is 5.41 Å². The lowest BCUT2D eigenvalue weighted by Gasteiger charge is -2.21. The van der Waals surface area contributed by atoms with Crippen molar-refractivity contribution in [3.8, 4) is 11.3 Å². The van der Waals surface area contributed by atoms with E-state index in [1.807, 2.05) is 31.2 Å². The van der Waals surface area contributed by atoms with Gasteiger partial charge in [0.2, 0.25) is 0 Å². The Morgan fingerprint density at radius 2 is 1.96 bits per heavy atom. The molecule has 0 saturated heterocycles. The van der Waals surface area contributed by atoms with Gasteiger partial charge in [0.05, 0.1) is 5.92 Å². The fourth-order valence-corrected chi connectivity index (χ4v) is 2.86. The first-order valence-corrected chi connectivity index (χ1v) is 9.12. The number of benzene rings is 1. The van der Waals surface area contributed by atoms with E-state index in [-0.39, 0.29) is 5.71 Å². The van der Waals surface area contributed by atoms with E-state index in [9.17, 15) is 4.79 Å². The molecule has 0 aliphatic rings. The molecule has 25 heavy (non-hydrogen) atoms. The van der Waals surface area contributed by atoms with Gasteiger partial charge in [-0.1, -0.05) is 46.6 Å². The zero-order valence-electron chi connectivity index (χ0n) is 14.6. The molecular formula is C18H21BrClN3O2. The maximum Gasteiger partial charge on any atom is 0.353 e. The van der Waals surface area contributed by atoms with Crippen molar-refractivity contribution >= 4 is 39.2 Å². The van der Waals surface area contributed by atoms with Crippen LogP contribution < -0.4 is 0 Å². The Morgan fingerprint density at radius 1 is 1.36 bits per heavy atom. The first-order chi connectivity index (χ1) is 11.6. The smallest absolute Gasteiger partial charge is 0.353 e. The van der Waals surface area contributed by atoms with Crippen molar-refractivity contribution < 1.29 is 9.53 Å². The van der Waals surface area contributed by atoms with Crippen LogP contribution in [-0.2, 0) is 9.53 Å². The van der Waals surface area contributed by atoms with Crippen LogP contribution in [0.2, 0.25) is 5.15 Å². The second-order valence-corrected chi connectivity index (χ2v) is 7.96. The fourth-order valence-electron chi connectivity index (χ4n) is 2.34. The molecule has 1 atom stereocenters. The maximum absolute atomic E-state index is 12.2. The van der Waals surface area contributed by atoms with Gasteiger partial charge in [0.15, 0.2) is 0 Å². The Kier molecular flexibility index (Phi) is 6.06. The lowest BCUT2D eigenvalue weighted by Crippen LogP contribution is -2.31. The number of hydrogen-bond donors (Lipinski definition) is 2. The molecule has 1 aromatic carbocycles. The van der Waals surface area contributed by atoms with Crippen molar-refractivity contribution in [2.75, 3.05) is 0 Å². The Morgan fingerprint density at radius 3 is 2.48 bits per heavy atom. The second-order valence-electron chi connectivity index (χ2n) is 6.67. The number of H-pyrrole nitrogens is 1. The summed E-state index contributed by atoms with van der Waals surface area (Å²) in [6.07, 6.45) is 0.529. The summed E-state index contributed by atoms with van der Waals surface area (Å²) in [5.41, 5.74) is 0.671. The number of nitrogens with zero attached hydrogens (tertiary/aromatic N) is 1. The van der Waals surface area contributed by atoms with E-state index in [2.05, 4.69) is 25.9 Å². The number of carbonyl (C=O) groups excluding carboxylic acids is 1. The minimum Gasteiger partial charge on any atom is -0.455 e. The fraction of sp³-hybridized carbons (Fsp3) is 0.389. The average Bonchev–Trinajstić information content (AvgIpc) is 2.88. The number of carbonyl (C=O) groups is 1. The molecule has 1 aromatic heterocycles. The molecule has 2 N–H and O–H groups in total. The molecule has 0 aliphatic heterocycles. The van der Waals surface area contributed by atoms with Gasteiger partial charge in [-0.25, -0.2) is 9.78 Å². The Bertz CT molecular complexity index is 779. The highest BCUT2D eigenvalue weighted by molar-refractivity contribution is 9.10. The predicted molar refractivity (Wildman–Crippen MR) is 103 cm³/mol. The number of aromatic nitrogens is 2. The van der Waals surface area contributed by atoms with Gasteiger partial charge < -0.3 is 9.72 Å². The van der Waals surface area contributed by atoms with Gasteiger partial charge in [0.1, 0.15) is 28.0 Å². The molecule has 1 heterocycles. The third-order valence-corrected chi connectivity index (χ3v) is 4.30. The van der Waals surface area contributed by atoms with Crippen LogP contribution in [0.25, 0.3) is 11.3 Å². The number of nitrogens with one attached hydrogen (secondary N) is 2. The van der Waals surface area contributed by atoms with Crippen molar-refractivity contribution in [3.63, 3.8) is 0 Å². The van der Waals surface area contributed by atoms with Crippen molar-refractivity contribution in [3.05, 3.63) is 39.7 Å². The highest BCUT2D eigenvalue weighted by Gasteiger charge is 2.29. The number of hydrogen-bond acceptors (Lipinski definition) is 4. The summed E-state index contributed by atoms with van der Waals surface area (Å²) < 4.78 is 6.25. The van der Waals surface area contributed by atoms with Crippen LogP contribution in [0.5, 0.6) is 0 Å². The molecule has 0 radical (unpaired) electrons. The van der Waals surface area contributed by atoms with E-state index in [4.69, 9.17) is 21.7 Å². The van der Waals surface area contributed by atoms with Crippen LogP contribution in [-0.4, -0.2) is 27.2 Å². The Balaban J connectivity index is 2.30. The van der Waals surface area contributed by atoms with E-state index in [1.165, 1.54) is 0 Å². The summed E-state index contributed by atoms with van der Waals surface area (Å²) >= 11 is 9.69. The summed E-state index contributed by atoms with van der Waals surface area (Å²) in [7, 11) is 0. The van der Waals surface area contributed by atoms with Gasteiger partial charge in [-0.15, -0.1) is 0 Å². The van der Waals surface area contributed by atoms with E-state index >= 15 is 0 Å². The van der Waals surface area contributed by atoms with Gasteiger partial charge in [-0.05, 0) is 39.3 Å². The molecule has 0 amide bonds. The highest BCUT2D eigenvalue weighted by Crippen LogP contribution is 2.30. The Hall–Kier alpha value is -1.66. The number of halogens is 2. The zero-order valence-corrected chi connectivity index (χ0v) is 17.0. The van der Waals surface area contributed by atoms with Crippen LogP contribution >= 0.6 is 27.5 Å². The number of rotatable bonds is 5. The van der Waals surface area contributed by atoms with Crippen LogP contribution in [0.15, 0.2) is 28.7 Å². The average molecular weight is 427 g/mol. The van der Waals surface area contributed by atoms with Gasteiger partial charge in [-0.2, -0.15) is 0 Å². The summed E-state index contributed by atoms with van der Waals surface area (Å²) in [5, 5.41) is 8.58. The van der Waals surface area contributed by atoms with Crippen LogP contribution in [0.3, 0.4) is 0 Å². The van der Waals surface area contributed by atoms with Crippen LogP contribution in [0.4, 0.5) is 0 Å². The molecule has 0 saturated carbocycles. The van der Waals surface area contributed by atoms with E-state index < -0.39 is 17.5 Å². The standard InChI is InChI=1S/C18H21BrClN3O2/c1-5-12(13(21)17(24)25-18(2,3)4)16-22-14(15(20)23-16)10-6-8-11(19)9-7-10/h6-9,12,21H,5H2,1-4H3,(H,22,23)/t12-/m0/s1. The van der Waals surface area contributed by atoms with Crippen LogP contribution in [0, 0.1) is 5.41 Å². The van der Waals surface area contributed by atoms with Crippen LogP contribution in [0.1, 0.15) is 45.9 Å². The predicted octanol–water partition coefficient (Wildman–Crippen LogP) is 5.35. The summed E-state index contributed by atoms with van der Waals surface area (Å²) in [5.74, 6) is -0.658. The van der Waals surface area contributed by atoms with E-state index in [1.54, 1.807) is 20.8 Å². The molecule has 0 unspecified atom stereocenters. The van der Waals surface area contributed by atoms with E-state index in [0.29, 0.717) is 23.1 Å². The van der Waals surface area contributed by atoms with Gasteiger partial charge in [0, 0.05) is 10.0 Å². The second kappa shape index (κ2) is 7.70. The third kappa shape index (κ3) is 4.92.